The number of rotatable bonds is 4. The van der Waals surface area contributed by atoms with Crippen LogP contribution < -0.4 is 0 Å². The zero-order chi connectivity index (χ0) is 18.8. The summed E-state index contributed by atoms with van der Waals surface area (Å²) in [5.74, 6) is 0.703. The molecule has 0 aromatic heterocycles. The van der Waals surface area contributed by atoms with Crippen LogP contribution in [0.5, 0.6) is 0 Å². The number of ether oxygens (including phenoxy) is 1. The van der Waals surface area contributed by atoms with Gasteiger partial charge in [0.25, 0.3) is 0 Å². The molecule has 0 bridgehead atoms. The summed E-state index contributed by atoms with van der Waals surface area (Å²) in [6, 6.07) is 9.67. The molecule has 2 heterocycles. The lowest BCUT2D eigenvalue weighted by Gasteiger charge is -2.41. The van der Waals surface area contributed by atoms with Crippen LogP contribution in [0.1, 0.15) is 11.1 Å². The Bertz CT molecular complexity index is 917. The molecule has 1 fully saturated rings. The summed E-state index contributed by atoms with van der Waals surface area (Å²) in [6.45, 7) is 0.480. The van der Waals surface area contributed by atoms with Crippen molar-refractivity contribution in [2.45, 2.75) is 6.10 Å². The molecule has 6 heteroatoms. The lowest BCUT2D eigenvalue weighted by atomic mass is 9.82. The summed E-state index contributed by atoms with van der Waals surface area (Å²) < 4.78 is 6.18. The predicted octanol–water partition coefficient (Wildman–Crippen LogP) is 1.89. The van der Waals surface area contributed by atoms with E-state index >= 15 is 0 Å². The van der Waals surface area contributed by atoms with Gasteiger partial charge >= 0.3 is 0 Å². The standard InChI is InChI=1S/C21H19N3O3/c22-9-14-2-1-3-15(6-14)17-7-16-4-5-23-10-19(16)20(8-17)27-18-11-24(12-18)21(26)13-25/h1-8,10,16,18-19,25H,11-13H2. The van der Waals surface area contributed by atoms with Gasteiger partial charge in [0.1, 0.15) is 18.5 Å². The number of amides is 1. The number of allylic oxidation sites excluding steroid dienone is 5. The molecule has 0 saturated carbocycles. The number of aliphatic imine (C=N–C) groups is 1. The van der Waals surface area contributed by atoms with Crippen molar-refractivity contribution in [3.63, 3.8) is 0 Å². The largest absolute Gasteiger partial charge is 0.490 e. The van der Waals surface area contributed by atoms with Gasteiger partial charge in [-0.1, -0.05) is 24.3 Å². The second-order valence-corrected chi connectivity index (χ2v) is 6.80. The first-order valence-electron chi connectivity index (χ1n) is 8.87. The molecule has 2 aliphatic heterocycles. The molecule has 1 amide bonds. The second kappa shape index (κ2) is 7.22. The van der Waals surface area contributed by atoms with Crippen LogP contribution in [0, 0.1) is 23.2 Å². The third-order valence-electron chi connectivity index (χ3n) is 5.02. The smallest absolute Gasteiger partial charge is 0.248 e. The van der Waals surface area contributed by atoms with Gasteiger partial charge in [0.15, 0.2) is 0 Å². The maximum Gasteiger partial charge on any atom is 0.248 e. The number of aliphatic hydroxyl groups is 1. The quantitative estimate of drug-likeness (QED) is 0.887. The lowest BCUT2D eigenvalue weighted by Crippen LogP contribution is -2.55. The fourth-order valence-corrected chi connectivity index (χ4v) is 3.51. The van der Waals surface area contributed by atoms with Crippen LogP contribution in [0.2, 0.25) is 0 Å². The summed E-state index contributed by atoms with van der Waals surface area (Å²) >= 11 is 0. The number of nitrogens with zero attached hydrogens (tertiary/aromatic N) is 3. The molecule has 2 atom stereocenters. The zero-order valence-corrected chi connectivity index (χ0v) is 14.7. The second-order valence-electron chi connectivity index (χ2n) is 6.80. The van der Waals surface area contributed by atoms with E-state index in [-0.39, 0.29) is 23.8 Å². The maximum atomic E-state index is 11.5. The van der Waals surface area contributed by atoms with E-state index in [1.165, 1.54) is 0 Å². The predicted molar refractivity (Wildman–Crippen MR) is 100 cm³/mol. The van der Waals surface area contributed by atoms with E-state index in [0.29, 0.717) is 18.7 Å². The number of fused-ring (bicyclic) bond motifs is 1. The van der Waals surface area contributed by atoms with E-state index < -0.39 is 6.61 Å². The van der Waals surface area contributed by atoms with Gasteiger partial charge in [0.05, 0.1) is 30.6 Å². The Morgan fingerprint density at radius 1 is 1.41 bits per heavy atom. The van der Waals surface area contributed by atoms with E-state index in [4.69, 9.17) is 15.1 Å². The third-order valence-corrected chi connectivity index (χ3v) is 5.02. The summed E-state index contributed by atoms with van der Waals surface area (Å²) in [5.41, 5.74) is 2.59. The zero-order valence-electron chi connectivity index (χ0n) is 14.7. The minimum Gasteiger partial charge on any atom is -0.490 e. The van der Waals surface area contributed by atoms with E-state index in [1.54, 1.807) is 17.2 Å². The van der Waals surface area contributed by atoms with E-state index in [2.05, 4.69) is 17.1 Å². The highest BCUT2D eigenvalue weighted by Gasteiger charge is 2.35. The number of likely N-dealkylation sites (tertiary alicyclic amines) is 1. The van der Waals surface area contributed by atoms with Gasteiger partial charge in [0, 0.05) is 18.3 Å². The number of carbonyl (C=O) groups is 1. The fraction of sp³-hybridized carbons (Fsp3) is 0.286. The molecule has 3 aliphatic rings. The minimum absolute atomic E-state index is 0.0282. The van der Waals surface area contributed by atoms with Gasteiger partial charge in [-0.15, -0.1) is 0 Å². The number of benzene rings is 1. The first-order chi connectivity index (χ1) is 13.2. The van der Waals surface area contributed by atoms with Crippen LogP contribution in [-0.2, 0) is 9.53 Å². The molecule has 0 spiro atoms. The van der Waals surface area contributed by atoms with Crippen molar-refractivity contribution in [2.24, 2.45) is 16.8 Å². The summed E-state index contributed by atoms with van der Waals surface area (Å²) in [5, 5.41) is 18.1. The molecule has 4 rings (SSSR count). The molecule has 1 N–H and O–H groups in total. The monoisotopic (exact) mass is 361 g/mol. The third kappa shape index (κ3) is 3.42. The summed E-state index contributed by atoms with van der Waals surface area (Å²) in [6.07, 6.45) is 9.78. The van der Waals surface area contributed by atoms with Crippen LogP contribution in [-0.4, -0.2) is 47.9 Å². The van der Waals surface area contributed by atoms with Crippen molar-refractivity contribution in [3.05, 3.63) is 65.6 Å². The van der Waals surface area contributed by atoms with Crippen molar-refractivity contribution < 1.29 is 14.6 Å². The normalized spacial score (nSPS) is 23.6. The SMILES string of the molecule is N#Cc1cccc(C2=CC3C=CN=CC3C(OC3CN(C(=O)CO)C3)=C2)c1. The van der Waals surface area contributed by atoms with Crippen molar-refractivity contribution in [1.29, 1.82) is 5.26 Å². The van der Waals surface area contributed by atoms with Crippen molar-refractivity contribution in [2.75, 3.05) is 19.7 Å². The van der Waals surface area contributed by atoms with Gasteiger partial charge in [-0.25, -0.2) is 0 Å². The van der Waals surface area contributed by atoms with Crippen LogP contribution in [0.25, 0.3) is 5.57 Å². The summed E-state index contributed by atoms with van der Waals surface area (Å²) in [4.78, 5) is 17.3. The Balaban J connectivity index is 1.57. The highest BCUT2D eigenvalue weighted by atomic mass is 16.5. The molecule has 1 aliphatic carbocycles. The number of aliphatic hydroxyl groups excluding tert-OH is 1. The summed E-state index contributed by atoms with van der Waals surface area (Å²) in [7, 11) is 0. The fourth-order valence-electron chi connectivity index (χ4n) is 3.51. The Morgan fingerprint density at radius 2 is 2.26 bits per heavy atom. The molecule has 6 nitrogen and oxygen atoms in total. The molecule has 0 radical (unpaired) electrons. The van der Waals surface area contributed by atoms with Crippen LogP contribution in [0.4, 0.5) is 0 Å². The van der Waals surface area contributed by atoms with Gasteiger partial charge in [-0.2, -0.15) is 5.26 Å². The molecule has 1 aromatic carbocycles. The van der Waals surface area contributed by atoms with Crippen LogP contribution >= 0.6 is 0 Å². The van der Waals surface area contributed by atoms with Gasteiger partial charge in [-0.3, -0.25) is 9.79 Å². The van der Waals surface area contributed by atoms with E-state index in [1.807, 2.05) is 36.6 Å². The average molecular weight is 361 g/mol. The molecular formula is C21H19N3O3. The Hall–Kier alpha value is -3.17. The molecule has 136 valence electrons. The minimum atomic E-state index is -0.473. The van der Waals surface area contributed by atoms with Gasteiger partial charge in [-0.05, 0) is 29.3 Å². The highest BCUT2D eigenvalue weighted by Crippen LogP contribution is 2.36. The molecule has 1 aromatic rings. The van der Waals surface area contributed by atoms with Gasteiger partial charge < -0.3 is 14.7 Å². The number of carbonyl (C=O) groups excluding carboxylic acids is 1. The number of hydrogen-bond donors (Lipinski definition) is 1. The van der Waals surface area contributed by atoms with Gasteiger partial charge in [0.2, 0.25) is 5.91 Å². The first kappa shape index (κ1) is 17.3. The number of nitriles is 1. The molecular weight excluding hydrogens is 342 g/mol. The molecule has 1 saturated heterocycles. The number of hydrogen-bond acceptors (Lipinski definition) is 5. The van der Waals surface area contributed by atoms with Crippen LogP contribution in [0.3, 0.4) is 0 Å². The van der Waals surface area contributed by atoms with E-state index in [9.17, 15) is 4.79 Å². The Labute approximate surface area is 157 Å². The average Bonchev–Trinajstić information content (AvgIpc) is 2.69. The topological polar surface area (TPSA) is 85.9 Å². The maximum absolute atomic E-state index is 11.5. The van der Waals surface area contributed by atoms with Crippen LogP contribution in [0.15, 0.2) is 59.4 Å². The molecule has 27 heavy (non-hydrogen) atoms. The van der Waals surface area contributed by atoms with E-state index in [0.717, 1.165) is 16.9 Å². The Kier molecular flexibility index (Phi) is 4.61. The van der Waals surface area contributed by atoms with Crippen molar-refractivity contribution in [3.8, 4) is 6.07 Å². The first-order valence-corrected chi connectivity index (χ1v) is 8.87. The molecule has 2 unspecified atom stereocenters. The van der Waals surface area contributed by atoms with Crippen molar-refractivity contribution in [1.82, 2.24) is 4.90 Å². The lowest BCUT2D eigenvalue weighted by molar-refractivity contribution is -0.145. The van der Waals surface area contributed by atoms with Crippen molar-refractivity contribution >= 4 is 17.7 Å². The highest BCUT2D eigenvalue weighted by molar-refractivity contribution is 5.81. The Morgan fingerprint density at radius 3 is 3.04 bits per heavy atom.